The molecule has 11 heteroatoms. The van der Waals surface area contributed by atoms with Crippen molar-refractivity contribution in [2.45, 2.75) is 6.04 Å². The molecule has 0 aliphatic carbocycles. The molecule has 1 aromatic heterocycles. The number of aromatic hydroxyl groups is 1. The number of aromatic nitrogens is 2. The molecule has 1 atom stereocenters. The summed E-state index contributed by atoms with van der Waals surface area (Å²) in [6.07, 6.45) is 2.67. The molecule has 0 spiro atoms. The number of halogens is 5. The quantitative estimate of drug-likeness (QED) is 0.493. The predicted molar refractivity (Wildman–Crippen MR) is 111 cm³/mol. The van der Waals surface area contributed by atoms with Gasteiger partial charge in [0.1, 0.15) is 28.0 Å². The monoisotopic (exact) mass is 469 g/mol. The van der Waals surface area contributed by atoms with Gasteiger partial charge in [0.25, 0.3) is 0 Å². The second-order valence-electron chi connectivity index (χ2n) is 6.65. The van der Waals surface area contributed by atoms with Crippen LogP contribution < -0.4 is 5.69 Å². The molecule has 0 fully saturated rings. The highest BCUT2D eigenvalue weighted by atomic mass is 35.5. The number of H-pyrrole nitrogens is 1. The Labute approximate surface area is 182 Å². The third-order valence-corrected chi connectivity index (χ3v) is 5.47. The molecule has 6 nitrogen and oxygen atoms in total. The van der Waals surface area contributed by atoms with Crippen LogP contribution in [-0.2, 0) is 0 Å². The lowest BCUT2D eigenvalue weighted by Gasteiger charge is -2.17. The Morgan fingerprint density at radius 3 is 2.52 bits per heavy atom. The van der Waals surface area contributed by atoms with Gasteiger partial charge >= 0.3 is 5.69 Å². The number of aliphatic hydroxyl groups is 1. The number of fused-ring (bicyclic) bond motifs is 1. The molecule has 2 aromatic carbocycles. The van der Waals surface area contributed by atoms with Gasteiger partial charge in [-0.3, -0.25) is 9.56 Å². The predicted octanol–water partition coefficient (Wildman–Crippen LogP) is 4.44. The molecule has 0 bridgehead atoms. The molecule has 0 saturated heterocycles. The van der Waals surface area contributed by atoms with E-state index in [1.54, 1.807) is 0 Å². The van der Waals surface area contributed by atoms with Gasteiger partial charge < -0.3 is 15.2 Å². The van der Waals surface area contributed by atoms with E-state index < -0.39 is 46.7 Å². The number of hydrogen-bond donors (Lipinski definition) is 3. The lowest BCUT2D eigenvalue weighted by atomic mass is 10.1. The molecule has 2 heterocycles. The Kier molecular flexibility index (Phi) is 5.42. The van der Waals surface area contributed by atoms with Gasteiger partial charge in [-0.05, 0) is 29.8 Å². The molecule has 1 aliphatic rings. The van der Waals surface area contributed by atoms with E-state index >= 15 is 0 Å². The molecule has 0 saturated carbocycles. The first-order valence-electron chi connectivity index (χ1n) is 8.75. The maximum Gasteiger partial charge on any atom is 0.329 e. The molecule has 0 radical (unpaired) electrons. The number of allylic oxidation sites excluding steroid dienone is 1. The van der Waals surface area contributed by atoms with Crippen molar-refractivity contribution in [3.63, 3.8) is 0 Å². The Morgan fingerprint density at radius 1 is 1.19 bits per heavy atom. The zero-order valence-electron chi connectivity index (χ0n) is 15.3. The first-order chi connectivity index (χ1) is 14.7. The molecule has 1 unspecified atom stereocenters. The van der Waals surface area contributed by atoms with Crippen molar-refractivity contribution in [2.24, 2.45) is 4.99 Å². The Morgan fingerprint density at radius 2 is 1.87 bits per heavy atom. The van der Waals surface area contributed by atoms with Crippen LogP contribution >= 0.6 is 23.2 Å². The van der Waals surface area contributed by atoms with E-state index in [1.165, 1.54) is 24.4 Å². The minimum absolute atomic E-state index is 0.0142. The van der Waals surface area contributed by atoms with Gasteiger partial charge in [0.05, 0.1) is 17.7 Å². The summed E-state index contributed by atoms with van der Waals surface area (Å²) in [5.41, 5.74) is -0.282. The summed E-state index contributed by atoms with van der Waals surface area (Å²) in [7, 11) is 0. The van der Waals surface area contributed by atoms with Crippen LogP contribution in [0.3, 0.4) is 0 Å². The first kappa shape index (κ1) is 21.2. The number of aliphatic hydroxyl groups excluding tert-OH is 1. The number of aromatic amines is 1. The van der Waals surface area contributed by atoms with E-state index in [1.807, 2.05) is 0 Å². The molecule has 3 aromatic rings. The topological polar surface area (TPSA) is 90.6 Å². The van der Waals surface area contributed by atoms with Gasteiger partial charge in [-0.2, -0.15) is 0 Å². The van der Waals surface area contributed by atoms with Crippen LogP contribution in [0.4, 0.5) is 18.9 Å². The van der Waals surface area contributed by atoms with E-state index in [9.17, 15) is 28.2 Å². The van der Waals surface area contributed by atoms with Crippen LogP contribution in [-0.4, -0.2) is 32.6 Å². The number of hydrogen-bond acceptors (Lipinski definition) is 4. The normalized spacial score (nSPS) is 15.0. The van der Waals surface area contributed by atoms with E-state index in [4.69, 9.17) is 23.2 Å². The second-order valence-corrected chi connectivity index (χ2v) is 7.43. The lowest BCUT2D eigenvalue weighted by molar-refractivity contribution is 0.236. The zero-order chi connectivity index (χ0) is 22.4. The van der Waals surface area contributed by atoms with Crippen LogP contribution in [0.2, 0.25) is 10.0 Å². The van der Waals surface area contributed by atoms with Crippen LogP contribution in [0.15, 0.2) is 34.1 Å². The van der Waals surface area contributed by atoms with E-state index in [0.29, 0.717) is 11.1 Å². The van der Waals surface area contributed by atoms with Crippen LogP contribution in [0.25, 0.3) is 11.6 Å². The molecule has 1 aliphatic heterocycles. The summed E-state index contributed by atoms with van der Waals surface area (Å²) >= 11 is 11.2. The summed E-state index contributed by atoms with van der Waals surface area (Å²) < 4.78 is 42.6. The SMILES string of the molecule is O=c1[nH]c(/C=C2\C=Nc3c2ccc(Cl)c3F)c(O)n1C(CO)c1cc(F)c(Cl)c(F)c1. The molecule has 31 heavy (non-hydrogen) atoms. The van der Waals surface area contributed by atoms with Crippen molar-refractivity contribution >= 4 is 46.8 Å². The highest BCUT2D eigenvalue weighted by Gasteiger charge is 2.25. The first-order valence-corrected chi connectivity index (χ1v) is 9.51. The van der Waals surface area contributed by atoms with Crippen molar-refractivity contribution in [2.75, 3.05) is 6.61 Å². The highest BCUT2D eigenvalue weighted by Crippen LogP contribution is 2.38. The Bertz CT molecular complexity index is 1310. The van der Waals surface area contributed by atoms with Crippen molar-refractivity contribution in [1.29, 1.82) is 0 Å². The van der Waals surface area contributed by atoms with Gasteiger partial charge in [-0.15, -0.1) is 0 Å². The molecular weight excluding hydrogens is 458 g/mol. The zero-order valence-corrected chi connectivity index (χ0v) is 16.8. The largest absolute Gasteiger partial charge is 0.493 e. The minimum Gasteiger partial charge on any atom is -0.493 e. The summed E-state index contributed by atoms with van der Waals surface area (Å²) in [6, 6.07) is 3.28. The number of nitrogens with zero attached hydrogens (tertiary/aromatic N) is 2. The van der Waals surface area contributed by atoms with Gasteiger partial charge in [-0.1, -0.05) is 29.3 Å². The smallest absolute Gasteiger partial charge is 0.329 e. The Balaban J connectivity index is 1.79. The number of imidazole rings is 1. The third-order valence-electron chi connectivity index (χ3n) is 4.82. The Hall–Kier alpha value is -3.01. The summed E-state index contributed by atoms with van der Waals surface area (Å²) in [5, 5.41) is 19.5. The van der Waals surface area contributed by atoms with Gasteiger partial charge in [0, 0.05) is 17.4 Å². The van der Waals surface area contributed by atoms with Gasteiger partial charge in [0.15, 0.2) is 5.82 Å². The third kappa shape index (κ3) is 3.54. The van der Waals surface area contributed by atoms with Crippen molar-refractivity contribution in [1.82, 2.24) is 9.55 Å². The van der Waals surface area contributed by atoms with Crippen LogP contribution in [0, 0.1) is 17.5 Å². The van der Waals surface area contributed by atoms with Gasteiger partial charge in [0.2, 0.25) is 5.88 Å². The van der Waals surface area contributed by atoms with Gasteiger partial charge in [-0.25, -0.2) is 18.0 Å². The molecule has 160 valence electrons. The van der Waals surface area contributed by atoms with Crippen molar-refractivity contribution in [3.8, 4) is 5.88 Å². The van der Waals surface area contributed by atoms with E-state index in [-0.39, 0.29) is 22.0 Å². The maximum absolute atomic E-state index is 14.1. The number of benzene rings is 2. The molecule has 4 rings (SSSR count). The van der Waals surface area contributed by atoms with E-state index in [2.05, 4.69) is 9.98 Å². The fourth-order valence-corrected chi connectivity index (χ4v) is 3.59. The summed E-state index contributed by atoms with van der Waals surface area (Å²) in [6.45, 7) is -0.754. The molecule has 3 N–H and O–H groups in total. The minimum atomic E-state index is -1.31. The average Bonchev–Trinajstić information content (AvgIpc) is 3.26. The lowest BCUT2D eigenvalue weighted by Crippen LogP contribution is -2.25. The standard InChI is InChI=1S/C20H12Cl2F3N3O3/c21-11-2-1-10-9(6-26-18(10)17(11)25)5-14-19(30)28(20(31)27-14)15(7-29)8-3-12(23)16(22)13(24)4-8/h1-6,15,29-30H,7H2,(H,27,31)/b9-5+. The number of aliphatic imine (C=N–C) groups is 1. The number of rotatable bonds is 4. The van der Waals surface area contributed by atoms with Crippen LogP contribution in [0.5, 0.6) is 5.88 Å². The van der Waals surface area contributed by atoms with Crippen molar-refractivity contribution < 1.29 is 23.4 Å². The highest BCUT2D eigenvalue weighted by molar-refractivity contribution is 6.32. The summed E-state index contributed by atoms with van der Waals surface area (Å²) in [4.78, 5) is 18.8. The summed E-state index contributed by atoms with van der Waals surface area (Å²) in [5.74, 6) is -3.48. The van der Waals surface area contributed by atoms with E-state index in [0.717, 1.165) is 16.7 Å². The molecular formula is C20H12Cl2F3N3O3. The van der Waals surface area contributed by atoms with Crippen LogP contribution in [0.1, 0.15) is 22.9 Å². The second kappa shape index (κ2) is 7.92. The average molecular weight is 470 g/mol. The fourth-order valence-electron chi connectivity index (χ4n) is 3.32. The maximum atomic E-state index is 14.1. The van der Waals surface area contributed by atoms with Crippen molar-refractivity contribution in [3.05, 3.63) is 79.1 Å². The number of nitrogens with one attached hydrogen (secondary N) is 1. The fraction of sp³-hybridized carbons (Fsp3) is 0.100. The molecule has 0 amide bonds.